The second-order valence-electron chi connectivity index (χ2n) is 7.64. The minimum atomic E-state index is 0.118. The van der Waals surface area contributed by atoms with Gasteiger partial charge in [-0.2, -0.15) is 0 Å². The molecule has 0 saturated carbocycles. The van der Waals surface area contributed by atoms with Crippen molar-refractivity contribution in [1.29, 1.82) is 0 Å². The van der Waals surface area contributed by atoms with Crippen LogP contribution in [0.5, 0.6) is 0 Å². The summed E-state index contributed by atoms with van der Waals surface area (Å²) in [6.07, 6.45) is 5.83. The predicted octanol–water partition coefficient (Wildman–Crippen LogP) is 2.66. The number of hydrogen-bond donors (Lipinski definition) is 0. The van der Waals surface area contributed by atoms with Gasteiger partial charge < -0.3 is 9.80 Å². The summed E-state index contributed by atoms with van der Waals surface area (Å²) in [4.78, 5) is 17.6. The first-order valence-electron chi connectivity index (χ1n) is 8.72. The van der Waals surface area contributed by atoms with Crippen LogP contribution in [0.25, 0.3) is 0 Å². The van der Waals surface area contributed by atoms with Gasteiger partial charge in [-0.15, -0.1) is 0 Å². The first-order chi connectivity index (χ1) is 10.7. The number of rotatable bonds is 1. The second-order valence-corrected chi connectivity index (χ2v) is 7.64. The third-order valence-corrected chi connectivity index (χ3v) is 6.03. The molecule has 1 spiro atoms. The molecule has 2 saturated heterocycles. The highest BCUT2D eigenvalue weighted by Gasteiger charge is 2.43. The van der Waals surface area contributed by atoms with Gasteiger partial charge in [-0.3, -0.25) is 4.79 Å². The van der Waals surface area contributed by atoms with Gasteiger partial charge in [-0.1, -0.05) is 24.3 Å². The molecule has 0 bridgehead atoms. The van der Waals surface area contributed by atoms with Gasteiger partial charge in [0.2, 0.25) is 5.91 Å². The summed E-state index contributed by atoms with van der Waals surface area (Å²) in [7, 11) is 2.22. The van der Waals surface area contributed by atoms with E-state index in [-0.39, 0.29) is 5.92 Å². The molecule has 2 atom stereocenters. The van der Waals surface area contributed by atoms with Gasteiger partial charge in [0.25, 0.3) is 0 Å². The lowest BCUT2D eigenvalue weighted by molar-refractivity contribution is -0.132. The Morgan fingerprint density at radius 2 is 2.05 bits per heavy atom. The van der Waals surface area contributed by atoms with Crippen molar-refractivity contribution in [2.24, 2.45) is 5.41 Å². The number of hydrogen-bond acceptors (Lipinski definition) is 2. The lowest BCUT2D eigenvalue weighted by Gasteiger charge is -2.38. The van der Waals surface area contributed by atoms with Crippen LogP contribution in [0.3, 0.4) is 0 Å². The quantitative estimate of drug-likeness (QED) is 0.796. The monoisotopic (exact) mass is 298 g/mol. The number of carbonyl (C=O) groups excluding carboxylic acids is 1. The largest absolute Gasteiger partial charge is 0.342 e. The Kier molecular flexibility index (Phi) is 3.48. The van der Waals surface area contributed by atoms with Crippen LogP contribution in [0.15, 0.2) is 24.3 Å². The van der Waals surface area contributed by atoms with Gasteiger partial charge in [-0.05, 0) is 56.8 Å². The van der Waals surface area contributed by atoms with Gasteiger partial charge in [0.1, 0.15) is 0 Å². The number of piperidine rings is 1. The van der Waals surface area contributed by atoms with Crippen molar-refractivity contribution in [3.8, 4) is 0 Å². The number of nitrogens with zero attached hydrogens (tertiary/aromatic N) is 2. The zero-order chi connectivity index (χ0) is 15.2. The van der Waals surface area contributed by atoms with Crippen LogP contribution in [0.4, 0.5) is 0 Å². The molecule has 118 valence electrons. The van der Waals surface area contributed by atoms with Crippen molar-refractivity contribution in [3.05, 3.63) is 35.4 Å². The first-order valence-corrected chi connectivity index (χ1v) is 8.72. The molecule has 1 aliphatic carbocycles. The Hall–Kier alpha value is -1.35. The maximum absolute atomic E-state index is 13.0. The van der Waals surface area contributed by atoms with E-state index in [0.29, 0.717) is 11.3 Å². The minimum absolute atomic E-state index is 0.118. The number of likely N-dealkylation sites (tertiary alicyclic amines) is 2. The molecular weight excluding hydrogens is 272 g/mol. The standard InChI is InChI=1S/C19H26N2O/c1-20-11-4-9-19(13-20)10-12-21(14-19)18(22)17-8-7-15-5-2-3-6-16(15)17/h2-3,5-6,17H,4,7-14H2,1H3. The summed E-state index contributed by atoms with van der Waals surface area (Å²) in [6.45, 7) is 4.32. The Labute approximate surface area is 133 Å². The van der Waals surface area contributed by atoms with Crippen molar-refractivity contribution in [2.45, 2.75) is 38.0 Å². The summed E-state index contributed by atoms with van der Waals surface area (Å²) in [5.74, 6) is 0.503. The average molecular weight is 298 g/mol. The van der Waals surface area contributed by atoms with Crippen LogP contribution >= 0.6 is 0 Å². The van der Waals surface area contributed by atoms with Crippen LogP contribution in [0, 0.1) is 5.41 Å². The average Bonchev–Trinajstić information content (AvgIpc) is 3.11. The van der Waals surface area contributed by atoms with Crippen LogP contribution < -0.4 is 0 Å². The van der Waals surface area contributed by atoms with Gasteiger partial charge in [0, 0.05) is 25.0 Å². The normalized spacial score (nSPS) is 31.7. The van der Waals surface area contributed by atoms with E-state index in [1.54, 1.807) is 0 Å². The molecule has 2 unspecified atom stereocenters. The maximum atomic E-state index is 13.0. The van der Waals surface area contributed by atoms with Crippen LogP contribution in [0.1, 0.15) is 42.7 Å². The van der Waals surface area contributed by atoms with Crippen molar-refractivity contribution in [2.75, 3.05) is 33.2 Å². The molecule has 0 aromatic heterocycles. The molecule has 0 radical (unpaired) electrons. The highest BCUT2D eigenvalue weighted by molar-refractivity contribution is 5.85. The fourth-order valence-corrected chi connectivity index (χ4v) is 4.95. The Morgan fingerprint density at radius 1 is 1.18 bits per heavy atom. The summed E-state index contributed by atoms with van der Waals surface area (Å²) in [5.41, 5.74) is 3.04. The number of carbonyl (C=O) groups is 1. The van der Waals surface area contributed by atoms with Crippen molar-refractivity contribution in [3.63, 3.8) is 0 Å². The molecule has 2 aliphatic heterocycles. The van der Waals surface area contributed by atoms with E-state index >= 15 is 0 Å². The molecule has 4 rings (SSSR count). The number of amides is 1. The van der Waals surface area contributed by atoms with E-state index in [1.807, 2.05) is 0 Å². The number of aryl methyl sites for hydroxylation is 1. The minimum Gasteiger partial charge on any atom is -0.342 e. The molecule has 3 aliphatic rings. The first kappa shape index (κ1) is 14.3. The van der Waals surface area contributed by atoms with E-state index < -0.39 is 0 Å². The van der Waals surface area contributed by atoms with E-state index in [9.17, 15) is 4.79 Å². The third-order valence-electron chi connectivity index (χ3n) is 6.03. The lowest BCUT2D eigenvalue weighted by Crippen LogP contribution is -2.44. The molecular formula is C19H26N2O. The lowest BCUT2D eigenvalue weighted by atomic mass is 9.79. The van der Waals surface area contributed by atoms with Crippen molar-refractivity contribution >= 4 is 5.91 Å². The second kappa shape index (κ2) is 5.38. The molecule has 2 heterocycles. The Balaban J connectivity index is 1.49. The molecule has 3 heteroatoms. The summed E-state index contributed by atoms with van der Waals surface area (Å²) in [5, 5.41) is 0. The molecule has 0 N–H and O–H groups in total. The van der Waals surface area contributed by atoms with E-state index in [2.05, 4.69) is 41.1 Å². The summed E-state index contributed by atoms with van der Waals surface area (Å²) < 4.78 is 0. The fraction of sp³-hybridized carbons (Fsp3) is 0.632. The van der Waals surface area contributed by atoms with E-state index in [0.717, 1.165) is 32.5 Å². The topological polar surface area (TPSA) is 23.6 Å². The Bertz CT molecular complexity index is 585. The molecule has 3 nitrogen and oxygen atoms in total. The fourth-order valence-electron chi connectivity index (χ4n) is 4.95. The van der Waals surface area contributed by atoms with Crippen LogP contribution in [-0.2, 0) is 11.2 Å². The Morgan fingerprint density at radius 3 is 2.91 bits per heavy atom. The summed E-state index contributed by atoms with van der Waals surface area (Å²) >= 11 is 0. The highest BCUT2D eigenvalue weighted by atomic mass is 16.2. The molecule has 1 aromatic carbocycles. The molecule has 22 heavy (non-hydrogen) atoms. The third kappa shape index (κ3) is 2.36. The molecule has 1 amide bonds. The maximum Gasteiger partial charge on any atom is 0.230 e. The van der Waals surface area contributed by atoms with E-state index in [1.165, 1.54) is 36.9 Å². The van der Waals surface area contributed by atoms with Crippen LogP contribution in [-0.4, -0.2) is 48.9 Å². The van der Waals surface area contributed by atoms with Crippen LogP contribution in [0.2, 0.25) is 0 Å². The summed E-state index contributed by atoms with van der Waals surface area (Å²) in [6, 6.07) is 8.51. The smallest absolute Gasteiger partial charge is 0.230 e. The van der Waals surface area contributed by atoms with Gasteiger partial charge in [0.15, 0.2) is 0 Å². The van der Waals surface area contributed by atoms with E-state index in [4.69, 9.17) is 0 Å². The van der Waals surface area contributed by atoms with Gasteiger partial charge in [0.05, 0.1) is 5.92 Å². The SMILES string of the molecule is CN1CCCC2(CCN(C(=O)C3CCc4ccccc43)C2)C1. The molecule has 1 aromatic rings. The van der Waals surface area contributed by atoms with Gasteiger partial charge in [-0.25, -0.2) is 0 Å². The zero-order valence-electron chi connectivity index (χ0n) is 13.6. The highest BCUT2D eigenvalue weighted by Crippen LogP contribution is 2.41. The van der Waals surface area contributed by atoms with Crippen molar-refractivity contribution < 1.29 is 4.79 Å². The predicted molar refractivity (Wildman–Crippen MR) is 87.9 cm³/mol. The van der Waals surface area contributed by atoms with Crippen molar-refractivity contribution in [1.82, 2.24) is 9.80 Å². The molecule has 2 fully saturated rings. The zero-order valence-corrected chi connectivity index (χ0v) is 13.6. The number of benzene rings is 1. The van der Waals surface area contributed by atoms with Gasteiger partial charge >= 0.3 is 0 Å². The number of fused-ring (bicyclic) bond motifs is 1.